The van der Waals surface area contributed by atoms with Crippen molar-refractivity contribution >= 4 is 16.7 Å². The number of carboxylic acid groups (broad SMARTS) is 1. The minimum atomic E-state index is -0.730. The van der Waals surface area contributed by atoms with Crippen LogP contribution in [0, 0.1) is 0 Å². The van der Waals surface area contributed by atoms with E-state index in [2.05, 4.69) is 20.9 Å². The number of likely N-dealkylation sites (tertiary alicyclic amines) is 1. The maximum absolute atomic E-state index is 11.6. The zero-order valence-electron chi connectivity index (χ0n) is 12.9. The quantitative estimate of drug-likeness (QED) is 0.933. The first-order valence-corrected chi connectivity index (χ1v) is 7.51. The summed E-state index contributed by atoms with van der Waals surface area (Å²) in [6.07, 6.45) is 4.31. The molecule has 0 bridgehead atoms. The number of aromatic nitrogens is 1. The van der Waals surface area contributed by atoms with Crippen LogP contribution in [0.5, 0.6) is 0 Å². The molecule has 116 valence electrons. The van der Waals surface area contributed by atoms with Gasteiger partial charge in [0.25, 0.3) is 0 Å². The number of carboxylic acids is 1. The van der Waals surface area contributed by atoms with Crippen molar-refractivity contribution in [1.82, 2.24) is 14.8 Å². The summed E-state index contributed by atoms with van der Waals surface area (Å²) in [5.74, 6) is -0.730. The lowest BCUT2D eigenvalue weighted by Gasteiger charge is -2.22. The van der Waals surface area contributed by atoms with Crippen molar-refractivity contribution < 1.29 is 9.90 Å². The Morgan fingerprint density at radius 1 is 1.41 bits per heavy atom. The highest BCUT2D eigenvalue weighted by molar-refractivity contribution is 5.84. The second kappa shape index (κ2) is 6.02. The second-order valence-electron chi connectivity index (χ2n) is 6.15. The van der Waals surface area contributed by atoms with Gasteiger partial charge in [-0.15, -0.1) is 0 Å². The van der Waals surface area contributed by atoms with Gasteiger partial charge < -0.3 is 10.0 Å². The number of benzene rings is 1. The third-order valence-corrected chi connectivity index (χ3v) is 4.54. The van der Waals surface area contributed by atoms with E-state index in [1.807, 2.05) is 38.5 Å². The van der Waals surface area contributed by atoms with Crippen LogP contribution in [0.2, 0.25) is 0 Å². The molecule has 5 heteroatoms. The zero-order valence-corrected chi connectivity index (χ0v) is 12.9. The number of rotatable bonds is 4. The standard InChI is InChI=1S/C17H21N3O2/c1-19(2)14-8-16(17(21)22)20(11-14)10-13-5-3-4-12-9-18-7-6-15(12)13/h3-7,9,14,16H,8,10-11H2,1-2H3,(H,21,22)/t14-,16+/m1/s1. The number of hydrogen-bond acceptors (Lipinski definition) is 4. The topological polar surface area (TPSA) is 56.7 Å². The summed E-state index contributed by atoms with van der Waals surface area (Å²) in [5.41, 5.74) is 1.16. The molecule has 1 aliphatic rings. The number of likely N-dealkylation sites (N-methyl/N-ethyl adjacent to an activating group) is 1. The van der Waals surface area contributed by atoms with Crippen molar-refractivity contribution in [3.05, 3.63) is 42.2 Å². The van der Waals surface area contributed by atoms with Crippen LogP contribution in [0.25, 0.3) is 10.8 Å². The Morgan fingerprint density at radius 3 is 2.95 bits per heavy atom. The Bertz CT molecular complexity index is 681. The molecule has 5 nitrogen and oxygen atoms in total. The van der Waals surface area contributed by atoms with E-state index < -0.39 is 12.0 Å². The zero-order chi connectivity index (χ0) is 15.7. The van der Waals surface area contributed by atoms with Gasteiger partial charge in [0.05, 0.1) is 0 Å². The average Bonchev–Trinajstić information content (AvgIpc) is 2.92. The summed E-state index contributed by atoms with van der Waals surface area (Å²) < 4.78 is 0. The largest absolute Gasteiger partial charge is 0.480 e. The highest BCUT2D eigenvalue weighted by atomic mass is 16.4. The molecule has 22 heavy (non-hydrogen) atoms. The Hall–Kier alpha value is -1.98. The summed E-state index contributed by atoms with van der Waals surface area (Å²) in [5, 5.41) is 11.7. The summed E-state index contributed by atoms with van der Waals surface area (Å²) in [7, 11) is 4.02. The highest BCUT2D eigenvalue weighted by Gasteiger charge is 2.37. The number of hydrogen-bond donors (Lipinski definition) is 1. The van der Waals surface area contributed by atoms with Gasteiger partial charge in [-0.05, 0) is 37.5 Å². The first-order chi connectivity index (χ1) is 10.6. The maximum atomic E-state index is 11.6. The van der Waals surface area contributed by atoms with Gasteiger partial charge in [0.2, 0.25) is 0 Å². The van der Waals surface area contributed by atoms with Crippen LogP contribution in [-0.2, 0) is 11.3 Å². The third-order valence-electron chi connectivity index (χ3n) is 4.54. The van der Waals surface area contributed by atoms with Crippen molar-refractivity contribution in [2.45, 2.75) is 25.0 Å². The summed E-state index contributed by atoms with van der Waals surface area (Å²) in [6.45, 7) is 1.44. The van der Waals surface area contributed by atoms with Gasteiger partial charge in [-0.3, -0.25) is 14.7 Å². The minimum absolute atomic E-state index is 0.290. The predicted octanol–water partition coefficient (Wildman–Crippen LogP) is 1.82. The summed E-state index contributed by atoms with van der Waals surface area (Å²) in [4.78, 5) is 19.9. The van der Waals surface area contributed by atoms with Crippen LogP contribution < -0.4 is 0 Å². The molecule has 2 aromatic rings. The number of pyridine rings is 1. The van der Waals surface area contributed by atoms with Crippen molar-refractivity contribution in [2.24, 2.45) is 0 Å². The lowest BCUT2D eigenvalue weighted by molar-refractivity contribution is -0.142. The van der Waals surface area contributed by atoms with Crippen LogP contribution in [0.4, 0.5) is 0 Å². The molecule has 0 spiro atoms. The molecule has 0 aliphatic carbocycles. The molecule has 1 aliphatic heterocycles. The van der Waals surface area contributed by atoms with Crippen molar-refractivity contribution in [3.63, 3.8) is 0 Å². The van der Waals surface area contributed by atoms with Gasteiger partial charge in [0.1, 0.15) is 6.04 Å². The lowest BCUT2D eigenvalue weighted by atomic mass is 10.1. The molecule has 1 saturated heterocycles. The van der Waals surface area contributed by atoms with Gasteiger partial charge in [-0.1, -0.05) is 18.2 Å². The molecule has 0 amide bonds. The number of aliphatic carboxylic acids is 1. The Labute approximate surface area is 130 Å². The van der Waals surface area contributed by atoms with E-state index in [1.54, 1.807) is 6.20 Å². The predicted molar refractivity (Wildman–Crippen MR) is 85.7 cm³/mol. The number of nitrogens with zero attached hydrogens (tertiary/aromatic N) is 3. The van der Waals surface area contributed by atoms with E-state index in [9.17, 15) is 9.90 Å². The molecule has 1 aromatic carbocycles. The SMILES string of the molecule is CN(C)[C@@H]1C[C@@H](C(=O)O)N(Cc2cccc3cnccc23)C1. The van der Waals surface area contributed by atoms with Gasteiger partial charge in [0, 0.05) is 36.9 Å². The normalized spacial score (nSPS) is 22.5. The molecule has 1 fully saturated rings. The average molecular weight is 299 g/mol. The van der Waals surface area contributed by atoms with Crippen LogP contribution in [-0.4, -0.2) is 58.6 Å². The maximum Gasteiger partial charge on any atom is 0.320 e. The van der Waals surface area contributed by atoms with E-state index in [0.717, 1.165) is 22.9 Å². The summed E-state index contributed by atoms with van der Waals surface area (Å²) in [6, 6.07) is 7.99. The molecular formula is C17H21N3O2. The van der Waals surface area contributed by atoms with Crippen molar-refractivity contribution in [3.8, 4) is 0 Å². The first kappa shape index (κ1) is 14.9. The fourth-order valence-corrected chi connectivity index (χ4v) is 3.23. The highest BCUT2D eigenvalue weighted by Crippen LogP contribution is 2.26. The van der Waals surface area contributed by atoms with E-state index in [1.165, 1.54) is 0 Å². The van der Waals surface area contributed by atoms with E-state index in [4.69, 9.17) is 0 Å². The van der Waals surface area contributed by atoms with Crippen LogP contribution in [0.3, 0.4) is 0 Å². The van der Waals surface area contributed by atoms with Gasteiger partial charge in [0.15, 0.2) is 0 Å². The third kappa shape index (κ3) is 2.82. The first-order valence-electron chi connectivity index (χ1n) is 7.51. The van der Waals surface area contributed by atoms with Gasteiger partial charge >= 0.3 is 5.97 Å². The summed E-state index contributed by atoms with van der Waals surface area (Å²) >= 11 is 0. The molecule has 0 radical (unpaired) electrons. The van der Waals surface area contributed by atoms with Gasteiger partial charge in [-0.25, -0.2) is 0 Å². The monoisotopic (exact) mass is 299 g/mol. The lowest BCUT2D eigenvalue weighted by Crippen LogP contribution is -2.35. The minimum Gasteiger partial charge on any atom is -0.480 e. The van der Waals surface area contributed by atoms with Crippen LogP contribution in [0.1, 0.15) is 12.0 Å². The molecule has 1 aromatic heterocycles. The van der Waals surface area contributed by atoms with Crippen molar-refractivity contribution in [2.75, 3.05) is 20.6 Å². The Morgan fingerprint density at radius 2 is 2.23 bits per heavy atom. The molecule has 0 saturated carbocycles. The van der Waals surface area contributed by atoms with Crippen LogP contribution in [0.15, 0.2) is 36.7 Å². The molecule has 3 rings (SSSR count). The van der Waals surface area contributed by atoms with E-state index >= 15 is 0 Å². The molecule has 2 atom stereocenters. The second-order valence-corrected chi connectivity index (χ2v) is 6.15. The van der Waals surface area contributed by atoms with E-state index in [-0.39, 0.29) is 6.04 Å². The van der Waals surface area contributed by atoms with Gasteiger partial charge in [-0.2, -0.15) is 0 Å². The smallest absolute Gasteiger partial charge is 0.320 e. The van der Waals surface area contributed by atoms with Crippen molar-refractivity contribution in [1.29, 1.82) is 0 Å². The molecule has 1 N–H and O–H groups in total. The molecule has 0 unspecified atom stereocenters. The van der Waals surface area contributed by atoms with Crippen LogP contribution >= 0.6 is 0 Å². The number of fused-ring (bicyclic) bond motifs is 1. The fraction of sp³-hybridized carbons (Fsp3) is 0.412. The fourth-order valence-electron chi connectivity index (χ4n) is 3.23. The number of carbonyl (C=O) groups is 1. The van der Waals surface area contributed by atoms with E-state index in [0.29, 0.717) is 13.0 Å². The Balaban J connectivity index is 1.88. The molecule has 2 heterocycles. The Kier molecular flexibility index (Phi) is 4.09. The molecular weight excluding hydrogens is 278 g/mol.